The first-order valence-corrected chi connectivity index (χ1v) is 12.3. The largest absolute Gasteiger partial charge is 0.456 e. The molecule has 1 aliphatic rings. The van der Waals surface area contributed by atoms with Gasteiger partial charge in [0, 0.05) is 24.1 Å². The Morgan fingerprint density at radius 2 is 1.92 bits per heavy atom. The van der Waals surface area contributed by atoms with Crippen LogP contribution in [0.5, 0.6) is 11.5 Å². The molecule has 0 spiro atoms. The van der Waals surface area contributed by atoms with E-state index in [-0.39, 0.29) is 46.7 Å². The quantitative estimate of drug-likeness (QED) is 0.224. The highest BCUT2D eigenvalue weighted by Gasteiger charge is 2.30. The number of ether oxygens (including phenoxy) is 1. The lowest BCUT2D eigenvalue weighted by molar-refractivity contribution is -0.384. The molecule has 0 bridgehead atoms. The molecule has 10 nitrogen and oxygen atoms in total. The van der Waals surface area contributed by atoms with E-state index in [1.807, 2.05) is 0 Å². The molecule has 190 valence electrons. The highest BCUT2D eigenvalue weighted by molar-refractivity contribution is 7.22. The zero-order valence-corrected chi connectivity index (χ0v) is 20.4. The SMILES string of the molecule is N#Cc1c(Oc2ccc(F)c(NC(=O)Cc3ccc([N+](=O)[O-])cc3)c2)ccc2nc(NC(=O)C3CC3)sc12. The maximum absolute atomic E-state index is 14.4. The average molecular weight is 532 g/mol. The molecule has 1 aromatic heterocycles. The van der Waals surface area contributed by atoms with Crippen LogP contribution in [0.4, 0.5) is 20.9 Å². The number of nitro benzene ring substituents is 1. The van der Waals surface area contributed by atoms with E-state index in [2.05, 4.69) is 21.7 Å². The van der Waals surface area contributed by atoms with Crippen molar-refractivity contribution < 1.29 is 23.6 Å². The Bertz CT molecular complexity index is 1630. The zero-order chi connectivity index (χ0) is 26.8. The van der Waals surface area contributed by atoms with Gasteiger partial charge in [0.25, 0.3) is 5.69 Å². The van der Waals surface area contributed by atoms with Crippen molar-refractivity contribution in [2.45, 2.75) is 19.3 Å². The number of carbonyl (C=O) groups is 2. The number of nitrogens with zero attached hydrogens (tertiary/aromatic N) is 3. The van der Waals surface area contributed by atoms with Gasteiger partial charge in [-0.1, -0.05) is 23.5 Å². The lowest BCUT2D eigenvalue weighted by Gasteiger charge is -2.11. The molecule has 1 aliphatic carbocycles. The van der Waals surface area contributed by atoms with E-state index in [4.69, 9.17) is 4.74 Å². The number of carbonyl (C=O) groups excluding carboxylic acids is 2. The number of fused-ring (bicyclic) bond motifs is 1. The average Bonchev–Trinajstić information content (AvgIpc) is 3.67. The number of hydrogen-bond donors (Lipinski definition) is 2. The zero-order valence-electron chi connectivity index (χ0n) is 19.6. The van der Waals surface area contributed by atoms with Crippen LogP contribution in [0.15, 0.2) is 54.6 Å². The molecule has 0 unspecified atom stereocenters. The summed E-state index contributed by atoms with van der Waals surface area (Å²) in [4.78, 5) is 39.2. The Morgan fingerprint density at radius 1 is 1.16 bits per heavy atom. The fourth-order valence-electron chi connectivity index (χ4n) is 3.68. The first-order chi connectivity index (χ1) is 18.3. The van der Waals surface area contributed by atoms with E-state index in [1.54, 1.807) is 12.1 Å². The molecule has 1 heterocycles. The molecule has 0 atom stereocenters. The smallest absolute Gasteiger partial charge is 0.269 e. The molecule has 2 amide bonds. The molecule has 2 N–H and O–H groups in total. The summed E-state index contributed by atoms with van der Waals surface area (Å²) in [6.45, 7) is 0. The van der Waals surface area contributed by atoms with E-state index in [9.17, 15) is 29.4 Å². The van der Waals surface area contributed by atoms with Gasteiger partial charge in [-0.25, -0.2) is 9.37 Å². The molecule has 0 saturated heterocycles. The van der Waals surface area contributed by atoms with Crippen LogP contribution in [0.2, 0.25) is 0 Å². The van der Waals surface area contributed by atoms with Gasteiger partial charge in [-0.3, -0.25) is 19.7 Å². The molecule has 5 rings (SSSR count). The molecular weight excluding hydrogens is 513 g/mol. The number of nitriles is 1. The Kier molecular flexibility index (Phi) is 6.68. The van der Waals surface area contributed by atoms with Crippen LogP contribution in [-0.2, 0) is 16.0 Å². The number of non-ortho nitro benzene ring substituents is 1. The molecule has 4 aromatic rings. The summed E-state index contributed by atoms with van der Waals surface area (Å²) in [5, 5.41) is 26.2. The van der Waals surface area contributed by atoms with Crippen LogP contribution < -0.4 is 15.4 Å². The summed E-state index contributed by atoms with van der Waals surface area (Å²) >= 11 is 1.16. The molecule has 0 radical (unpaired) electrons. The third-order valence-corrected chi connectivity index (χ3v) is 6.77. The van der Waals surface area contributed by atoms with Crippen molar-refractivity contribution in [3.8, 4) is 17.6 Å². The van der Waals surface area contributed by atoms with Crippen molar-refractivity contribution in [3.63, 3.8) is 0 Å². The van der Waals surface area contributed by atoms with Crippen LogP contribution in [0.3, 0.4) is 0 Å². The molecule has 1 fully saturated rings. The first-order valence-electron chi connectivity index (χ1n) is 11.5. The van der Waals surface area contributed by atoms with Crippen molar-refractivity contribution >= 4 is 49.9 Å². The molecule has 1 saturated carbocycles. The lowest BCUT2D eigenvalue weighted by Crippen LogP contribution is -2.15. The summed E-state index contributed by atoms with van der Waals surface area (Å²) in [6, 6.07) is 14.6. The lowest BCUT2D eigenvalue weighted by atomic mass is 10.1. The van der Waals surface area contributed by atoms with Crippen LogP contribution in [0.1, 0.15) is 24.0 Å². The monoisotopic (exact) mass is 531 g/mol. The van der Waals surface area contributed by atoms with Crippen molar-refractivity contribution in [1.29, 1.82) is 5.26 Å². The summed E-state index contributed by atoms with van der Waals surface area (Å²) in [5.74, 6) is -0.909. The highest BCUT2D eigenvalue weighted by Crippen LogP contribution is 2.37. The minimum absolute atomic E-state index is 0.0126. The van der Waals surface area contributed by atoms with Gasteiger partial charge < -0.3 is 15.4 Å². The normalized spacial score (nSPS) is 12.5. The number of nitrogens with one attached hydrogen (secondary N) is 2. The fraction of sp³-hybridized carbons (Fsp3) is 0.154. The predicted molar refractivity (Wildman–Crippen MR) is 138 cm³/mol. The van der Waals surface area contributed by atoms with Gasteiger partial charge in [0.1, 0.15) is 28.9 Å². The summed E-state index contributed by atoms with van der Waals surface area (Å²) in [7, 11) is 0. The van der Waals surface area contributed by atoms with E-state index in [1.165, 1.54) is 36.4 Å². The number of benzene rings is 3. The number of anilines is 2. The second kappa shape index (κ2) is 10.2. The number of halogens is 1. The minimum Gasteiger partial charge on any atom is -0.456 e. The summed E-state index contributed by atoms with van der Waals surface area (Å²) < 4.78 is 20.8. The summed E-state index contributed by atoms with van der Waals surface area (Å²) in [6.07, 6.45) is 1.59. The topological polar surface area (TPSA) is 147 Å². The summed E-state index contributed by atoms with van der Waals surface area (Å²) in [5.41, 5.74) is 1.03. The van der Waals surface area contributed by atoms with E-state index >= 15 is 0 Å². The maximum Gasteiger partial charge on any atom is 0.269 e. The second-order valence-electron chi connectivity index (χ2n) is 8.57. The number of nitro groups is 1. The Balaban J connectivity index is 1.32. The van der Waals surface area contributed by atoms with Crippen molar-refractivity contribution in [1.82, 2.24) is 4.98 Å². The number of amides is 2. The van der Waals surface area contributed by atoms with Crippen LogP contribution >= 0.6 is 11.3 Å². The van der Waals surface area contributed by atoms with E-state index in [0.717, 1.165) is 30.2 Å². The number of aromatic nitrogens is 1. The number of hydrogen-bond acceptors (Lipinski definition) is 8. The van der Waals surface area contributed by atoms with Crippen LogP contribution in [0.25, 0.3) is 10.2 Å². The molecule has 3 aromatic carbocycles. The molecular formula is C26H18FN5O5S. The predicted octanol–water partition coefficient (Wildman–Crippen LogP) is 5.54. The van der Waals surface area contributed by atoms with Gasteiger partial charge in [0.15, 0.2) is 5.13 Å². The van der Waals surface area contributed by atoms with Gasteiger partial charge in [-0.05, 0) is 42.7 Å². The minimum atomic E-state index is -0.691. The first kappa shape index (κ1) is 24.8. The number of thiazole rings is 1. The highest BCUT2D eigenvalue weighted by atomic mass is 32.1. The Labute approximate surface area is 218 Å². The standard InChI is InChI=1S/C26H18FN5O5S/c27-19-8-7-17(12-21(19)29-23(33)11-14-1-5-16(6-2-14)32(35)36)37-22-10-9-20-24(18(22)13-28)38-26(30-20)31-25(34)15-3-4-15/h1-2,5-10,12,15H,3-4,11H2,(H,29,33)(H,30,31,34). The fourth-order valence-corrected chi connectivity index (χ4v) is 4.63. The third-order valence-electron chi connectivity index (χ3n) is 5.76. The van der Waals surface area contributed by atoms with E-state index < -0.39 is 16.6 Å². The van der Waals surface area contributed by atoms with Gasteiger partial charge in [0.05, 0.1) is 27.2 Å². The van der Waals surface area contributed by atoms with Gasteiger partial charge >= 0.3 is 0 Å². The maximum atomic E-state index is 14.4. The van der Waals surface area contributed by atoms with Crippen molar-refractivity contribution in [2.75, 3.05) is 10.6 Å². The molecule has 12 heteroatoms. The van der Waals surface area contributed by atoms with E-state index in [0.29, 0.717) is 20.9 Å². The molecule has 0 aliphatic heterocycles. The van der Waals surface area contributed by atoms with Crippen LogP contribution in [-0.4, -0.2) is 21.7 Å². The van der Waals surface area contributed by atoms with Crippen molar-refractivity contribution in [3.05, 3.63) is 81.7 Å². The second-order valence-corrected chi connectivity index (χ2v) is 9.57. The Hall–Kier alpha value is -4.89. The van der Waals surface area contributed by atoms with Gasteiger partial charge in [-0.2, -0.15) is 5.26 Å². The van der Waals surface area contributed by atoms with Crippen molar-refractivity contribution in [2.24, 2.45) is 5.92 Å². The number of rotatable bonds is 8. The molecule has 38 heavy (non-hydrogen) atoms. The third kappa shape index (κ3) is 5.42. The van der Waals surface area contributed by atoms with Gasteiger partial charge in [-0.15, -0.1) is 0 Å². The van der Waals surface area contributed by atoms with Gasteiger partial charge in [0.2, 0.25) is 11.8 Å². The Morgan fingerprint density at radius 3 is 2.61 bits per heavy atom. The van der Waals surface area contributed by atoms with Crippen LogP contribution in [0, 0.1) is 33.2 Å².